The smallest absolute Gasteiger partial charge is 0.207 e. The standard InChI is InChI=1S/C16H13NO2S/c1-11-7-8-20-15(11)9-12(10-17)16(18)13-5-3-4-6-14(13)19-2/h3-9H,1-2H3/b12-9+. The van der Waals surface area contributed by atoms with Crippen LogP contribution >= 0.6 is 11.3 Å². The quantitative estimate of drug-likeness (QED) is 0.486. The number of ketones is 1. The van der Waals surface area contributed by atoms with Crippen LogP contribution in [0.15, 0.2) is 41.3 Å². The molecule has 0 spiro atoms. The molecule has 1 heterocycles. The predicted octanol–water partition coefficient (Wildman–Crippen LogP) is 3.86. The zero-order valence-corrected chi connectivity index (χ0v) is 12.0. The van der Waals surface area contributed by atoms with Gasteiger partial charge < -0.3 is 4.74 Å². The summed E-state index contributed by atoms with van der Waals surface area (Å²) in [5, 5.41) is 11.2. The Morgan fingerprint density at radius 1 is 1.35 bits per heavy atom. The molecule has 0 amide bonds. The van der Waals surface area contributed by atoms with Crippen LogP contribution in [0.2, 0.25) is 0 Å². The van der Waals surface area contributed by atoms with Crippen LogP contribution in [0.25, 0.3) is 6.08 Å². The lowest BCUT2D eigenvalue weighted by Gasteiger charge is -2.06. The first kappa shape index (κ1) is 14.0. The fourth-order valence-electron chi connectivity index (χ4n) is 1.79. The van der Waals surface area contributed by atoms with Gasteiger partial charge in [-0.3, -0.25) is 4.79 Å². The van der Waals surface area contributed by atoms with Gasteiger partial charge in [-0.1, -0.05) is 12.1 Å². The van der Waals surface area contributed by atoms with Crippen molar-refractivity contribution >= 4 is 23.2 Å². The molecular formula is C16H13NO2S. The van der Waals surface area contributed by atoms with Crippen LogP contribution in [0.1, 0.15) is 20.8 Å². The molecule has 0 aliphatic rings. The molecular weight excluding hydrogens is 270 g/mol. The molecule has 100 valence electrons. The Morgan fingerprint density at radius 2 is 2.10 bits per heavy atom. The van der Waals surface area contributed by atoms with Crippen molar-refractivity contribution in [2.24, 2.45) is 0 Å². The minimum atomic E-state index is -0.322. The van der Waals surface area contributed by atoms with Crippen LogP contribution in [-0.4, -0.2) is 12.9 Å². The van der Waals surface area contributed by atoms with Crippen LogP contribution in [0.5, 0.6) is 5.75 Å². The summed E-state index contributed by atoms with van der Waals surface area (Å²) in [6.45, 7) is 1.95. The molecule has 2 aromatic rings. The first-order valence-corrected chi connectivity index (χ1v) is 6.89. The monoisotopic (exact) mass is 283 g/mol. The molecule has 20 heavy (non-hydrogen) atoms. The minimum absolute atomic E-state index is 0.111. The Hall–Kier alpha value is -2.38. The number of carbonyl (C=O) groups is 1. The third-order valence-corrected chi connectivity index (χ3v) is 3.86. The van der Waals surface area contributed by atoms with Gasteiger partial charge in [-0.25, -0.2) is 0 Å². The van der Waals surface area contributed by atoms with E-state index in [4.69, 9.17) is 4.74 Å². The van der Waals surface area contributed by atoms with E-state index in [9.17, 15) is 10.1 Å². The molecule has 0 saturated heterocycles. The van der Waals surface area contributed by atoms with Crippen molar-refractivity contribution < 1.29 is 9.53 Å². The van der Waals surface area contributed by atoms with Gasteiger partial charge in [0.1, 0.15) is 17.4 Å². The van der Waals surface area contributed by atoms with Gasteiger partial charge in [0.05, 0.1) is 12.7 Å². The Bertz CT molecular complexity index is 707. The molecule has 0 aliphatic heterocycles. The first-order chi connectivity index (χ1) is 9.67. The van der Waals surface area contributed by atoms with E-state index in [1.54, 1.807) is 30.3 Å². The van der Waals surface area contributed by atoms with Crippen molar-refractivity contribution in [3.8, 4) is 11.8 Å². The molecule has 4 heteroatoms. The van der Waals surface area contributed by atoms with Gasteiger partial charge in [0.15, 0.2) is 0 Å². The zero-order valence-electron chi connectivity index (χ0n) is 11.2. The van der Waals surface area contributed by atoms with Crippen LogP contribution in [0.3, 0.4) is 0 Å². The maximum Gasteiger partial charge on any atom is 0.207 e. The molecule has 2 rings (SSSR count). The zero-order chi connectivity index (χ0) is 14.5. The van der Waals surface area contributed by atoms with Crippen LogP contribution in [-0.2, 0) is 0 Å². The number of aryl methyl sites for hydroxylation is 1. The summed E-state index contributed by atoms with van der Waals surface area (Å²) < 4.78 is 5.17. The largest absolute Gasteiger partial charge is 0.496 e. The van der Waals surface area contributed by atoms with Gasteiger partial charge in [0, 0.05) is 4.88 Å². The molecule has 0 unspecified atom stereocenters. The molecule has 1 aromatic carbocycles. The van der Waals surface area contributed by atoms with Crippen molar-refractivity contribution in [1.29, 1.82) is 5.26 Å². The summed E-state index contributed by atoms with van der Waals surface area (Å²) in [4.78, 5) is 13.3. The topological polar surface area (TPSA) is 50.1 Å². The maximum atomic E-state index is 12.4. The molecule has 0 saturated carbocycles. The third kappa shape index (κ3) is 2.79. The van der Waals surface area contributed by atoms with Crippen LogP contribution < -0.4 is 4.74 Å². The van der Waals surface area contributed by atoms with Gasteiger partial charge in [-0.15, -0.1) is 11.3 Å². The lowest BCUT2D eigenvalue weighted by molar-refractivity contribution is 0.103. The number of carbonyl (C=O) groups excluding carboxylic acids is 1. The van der Waals surface area contributed by atoms with E-state index >= 15 is 0 Å². The number of ether oxygens (including phenoxy) is 1. The fourth-order valence-corrected chi connectivity index (χ4v) is 2.65. The summed E-state index contributed by atoms with van der Waals surface area (Å²) in [6, 6.07) is 10.8. The highest BCUT2D eigenvalue weighted by Crippen LogP contribution is 2.24. The van der Waals surface area contributed by atoms with Gasteiger partial charge >= 0.3 is 0 Å². The number of allylic oxidation sites excluding steroid dienone is 1. The Morgan fingerprint density at radius 3 is 2.70 bits per heavy atom. The SMILES string of the molecule is COc1ccccc1C(=O)/C(C#N)=C/c1sccc1C. The second-order valence-electron chi connectivity index (χ2n) is 4.17. The summed E-state index contributed by atoms with van der Waals surface area (Å²) in [7, 11) is 1.51. The molecule has 0 radical (unpaired) electrons. The Labute approximate surface area is 121 Å². The lowest BCUT2D eigenvalue weighted by atomic mass is 10.0. The van der Waals surface area contributed by atoms with Crippen molar-refractivity contribution in [1.82, 2.24) is 0 Å². The molecule has 3 nitrogen and oxygen atoms in total. The first-order valence-electron chi connectivity index (χ1n) is 6.01. The summed E-state index contributed by atoms with van der Waals surface area (Å²) in [6.07, 6.45) is 1.63. The van der Waals surface area contributed by atoms with E-state index in [-0.39, 0.29) is 11.4 Å². The number of para-hydroxylation sites is 1. The molecule has 0 bridgehead atoms. The van der Waals surface area contributed by atoms with Crippen LogP contribution in [0, 0.1) is 18.3 Å². The van der Waals surface area contributed by atoms with Gasteiger partial charge in [-0.05, 0) is 42.1 Å². The number of thiophene rings is 1. The third-order valence-electron chi connectivity index (χ3n) is 2.89. The van der Waals surface area contributed by atoms with E-state index in [0.29, 0.717) is 11.3 Å². The average molecular weight is 283 g/mol. The number of nitrogens with zero attached hydrogens (tertiary/aromatic N) is 1. The molecule has 0 N–H and O–H groups in total. The number of Topliss-reactive ketones (excluding diaryl/α,β-unsaturated/α-hetero) is 1. The highest BCUT2D eigenvalue weighted by Gasteiger charge is 2.16. The Balaban J connectivity index is 2.43. The number of nitriles is 1. The Kier molecular flexibility index (Phi) is 4.34. The van der Waals surface area contributed by atoms with Crippen LogP contribution in [0.4, 0.5) is 0 Å². The minimum Gasteiger partial charge on any atom is -0.496 e. The van der Waals surface area contributed by atoms with E-state index in [1.807, 2.05) is 24.4 Å². The summed E-state index contributed by atoms with van der Waals surface area (Å²) in [5.74, 6) is 0.152. The average Bonchev–Trinajstić information content (AvgIpc) is 2.89. The summed E-state index contributed by atoms with van der Waals surface area (Å²) >= 11 is 1.50. The van der Waals surface area contributed by atoms with E-state index < -0.39 is 0 Å². The van der Waals surface area contributed by atoms with E-state index in [1.165, 1.54) is 18.4 Å². The number of hydrogen-bond acceptors (Lipinski definition) is 4. The van der Waals surface area contributed by atoms with Gasteiger partial charge in [0.2, 0.25) is 5.78 Å². The molecule has 0 fully saturated rings. The lowest BCUT2D eigenvalue weighted by Crippen LogP contribution is -2.04. The number of rotatable bonds is 4. The number of benzene rings is 1. The molecule has 0 aliphatic carbocycles. The maximum absolute atomic E-state index is 12.4. The normalized spacial score (nSPS) is 10.9. The predicted molar refractivity (Wildman–Crippen MR) is 80.0 cm³/mol. The summed E-state index contributed by atoms with van der Waals surface area (Å²) in [5.41, 5.74) is 1.56. The highest BCUT2D eigenvalue weighted by molar-refractivity contribution is 7.11. The van der Waals surface area contributed by atoms with E-state index in [0.717, 1.165) is 10.4 Å². The van der Waals surface area contributed by atoms with E-state index in [2.05, 4.69) is 0 Å². The van der Waals surface area contributed by atoms with Gasteiger partial charge in [0.25, 0.3) is 0 Å². The van der Waals surface area contributed by atoms with Crippen molar-refractivity contribution in [2.75, 3.05) is 7.11 Å². The van der Waals surface area contributed by atoms with Crippen molar-refractivity contribution in [3.05, 3.63) is 57.3 Å². The van der Waals surface area contributed by atoms with Crippen molar-refractivity contribution in [3.63, 3.8) is 0 Å². The second-order valence-corrected chi connectivity index (χ2v) is 5.11. The molecule has 1 aromatic heterocycles. The van der Waals surface area contributed by atoms with Gasteiger partial charge in [-0.2, -0.15) is 5.26 Å². The highest BCUT2D eigenvalue weighted by atomic mass is 32.1. The van der Waals surface area contributed by atoms with Crippen molar-refractivity contribution in [2.45, 2.75) is 6.92 Å². The fraction of sp³-hybridized carbons (Fsp3) is 0.125. The number of hydrogen-bond donors (Lipinski definition) is 0. The molecule has 0 atom stereocenters. The second kappa shape index (κ2) is 6.18. The number of methoxy groups -OCH3 is 1.